The number of Topliss-reactive ketones (excluding diaryl/α,β-unsaturated/α-hetero) is 1. The van der Waals surface area contributed by atoms with Crippen molar-refractivity contribution >= 4 is 5.78 Å². The van der Waals surface area contributed by atoms with Gasteiger partial charge in [0, 0.05) is 18.7 Å². The maximum Gasteiger partial charge on any atom is 0.149 e. The summed E-state index contributed by atoms with van der Waals surface area (Å²) in [6, 6.07) is 6.21. The molecule has 0 spiro atoms. The molecule has 1 aromatic rings. The molecule has 1 unspecified atom stereocenters. The van der Waals surface area contributed by atoms with Crippen molar-refractivity contribution in [1.29, 1.82) is 0 Å². The number of pyridine rings is 1. The first-order valence-corrected chi connectivity index (χ1v) is 7.40. The summed E-state index contributed by atoms with van der Waals surface area (Å²) in [6.07, 6.45) is 5.20. The summed E-state index contributed by atoms with van der Waals surface area (Å²) in [7, 11) is 0. The number of nitrogens with zero attached hydrogens (tertiary/aromatic N) is 2. The second kappa shape index (κ2) is 6.80. The minimum atomic E-state index is 0.106. The topological polar surface area (TPSA) is 33.2 Å². The van der Waals surface area contributed by atoms with Gasteiger partial charge in [-0.1, -0.05) is 25.8 Å². The fourth-order valence-corrected chi connectivity index (χ4v) is 2.87. The Morgan fingerprint density at radius 2 is 2.16 bits per heavy atom. The van der Waals surface area contributed by atoms with Gasteiger partial charge in [-0.25, -0.2) is 0 Å². The molecule has 2 rings (SSSR count). The zero-order chi connectivity index (χ0) is 13.7. The predicted octanol–water partition coefficient (Wildman–Crippen LogP) is 3.11. The van der Waals surface area contributed by atoms with Crippen LogP contribution in [0.15, 0.2) is 18.2 Å². The van der Waals surface area contributed by atoms with Crippen LogP contribution in [0.3, 0.4) is 0 Å². The van der Waals surface area contributed by atoms with E-state index in [0.29, 0.717) is 5.78 Å². The van der Waals surface area contributed by atoms with E-state index in [1.54, 1.807) is 0 Å². The highest BCUT2D eigenvalue weighted by atomic mass is 16.1. The lowest BCUT2D eigenvalue weighted by molar-refractivity contribution is -0.124. The third-order valence-electron chi connectivity index (χ3n) is 3.93. The Morgan fingerprint density at radius 3 is 2.89 bits per heavy atom. The molecule has 3 nitrogen and oxygen atoms in total. The molecule has 1 fully saturated rings. The lowest BCUT2D eigenvalue weighted by atomic mass is 10.1. The monoisotopic (exact) mass is 260 g/mol. The Labute approximate surface area is 116 Å². The van der Waals surface area contributed by atoms with Crippen LogP contribution in [-0.4, -0.2) is 28.3 Å². The van der Waals surface area contributed by atoms with Crippen LogP contribution in [0.5, 0.6) is 0 Å². The molecule has 1 aromatic heterocycles. The van der Waals surface area contributed by atoms with E-state index in [9.17, 15) is 4.79 Å². The van der Waals surface area contributed by atoms with E-state index in [2.05, 4.69) is 22.9 Å². The number of aromatic nitrogens is 1. The number of ketones is 1. The molecule has 1 heterocycles. The van der Waals surface area contributed by atoms with Crippen LogP contribution in [0, 0.1) is 6.92 Å². The van der Waals surface area contributed by atoms with Gasteiger partial charge in [0.2, 0.25) is 0 Å². The number of carbonyl (C=O) groups excluding carboxylic acids is 1. The van der Waals surface area contributed by atoms with Crippen LogP contribution >= 0.6 is 0 Å². The van der Waals surface area contributed by atoms with E-state index in [1.165, 1.54) is 12.8 Å². The van der Waals surface area contributed by atoms with Crippen LogP contribution in [0.4, 0.5) is 0 Å². The van der Waals surface area contributed by atoms with Gasteiger partial charge in [-0.2, -0.15) is 0 Å². The SMILES string of the molecule is CCN(Cc1cccc(C)n1)C1CCCCCC1=O. The number of rotatable bonds is 4. The number of aryl methyl sites for hydroxylation is 1. The van der Waals surface area contributed by atoms with Crippen LogP contribution < -0.4 is 0 Å². The largest absolute Gasteiger partial charge is 0.298 e. The first-order chi connectivity index (χ1) is 9.20. The normalized spacial score (nSPS) is 20.6. The van der Waals surface area contributed by atoms with E-state index < -0.39 is 0 Å². The molecule has 1 aliphatic rings. The fraction of sp³-hybridized carbons (Fsp3) is 0.625. The second-order valence-corrected chi connectivity index (χ2v) is 5.41. The lowest BCUT2D eigenvalue weighted by Crippen LogP contribution is -2.40. The number of hydrogen-bond donors (Lipinski definition) is 0. The summed E-state index contributed by atoms with van der Waals surface area (Å²) in [4.78, 5) is 19.0. The molecule has 0 aliphatic heterocycles. The maximum absolute atomic E-state index is 12.2. The summed E-state index contributed by atoms with van der Waals surface area (Å²) < 4.78 is 0. The highest BCUT2D eigenvalue weighted by molar-refractivity contribution is 5.84. The third kappa shape index (κ3) is 3.87. The molecule has 0 bridgehead atoms. The van der Waals surface area contributed by atoms with Crippen molar-refractivity contribution in [2.75, 3.05) is 6.54 Å². The van der Waals surface area contributed by atoms with Crippen molar-refractivity contribution in [2.45, 2.75) is 58.5 Å². The van der Waals surface area contributed by atoms with Gasteiger partial charge >= 0.3 is 0 Å². The van der Waals surface area contributed by atoms with Gasteiger partial charge in [0.25, 0.3) is 0 Å². The lowest BCUT2D eigenvalue weighted by Gasteiger charge is -2.28. The van der Waals surface area contributed by atoms with Crippen molar-refractivity contribution in [2.24, 2.45) is 0 Å². The second-order valence-electron chi connectivity index (χ2n) is 5.41. The minimum Gasteiger partial charge on any atom is -0.298 e. The Kier molecular flexibility index (Phi) is 5.08. The van der Waals surface area contributed by atoms with Crippen molar-refractivity contribution in [3.8, 4) is 0 Å². The molecular formula is C16H24N2O. The van der Waals surface area contributed by atoms with Gasteiger partial charge in [-0.3, -0.25) is 14.7 Å². The van der Waals surface area contributed by atoms with Gasteiger partial charge in [0.15, 0.2) is 0 Å². The van der Waals surface area contributed by atoms with Gasteiger partial charge in [0.05, 0.1) is 11.7 Å². The molecule has 1 aliphatic carbocycles. The van der Waals surface area contributed by atoms with Crippen LogP contribution in [0.2, 0.25) is 0 Å². The summed E-state index contributed by atoms with van der Waals surface area (Å²) in [6.45, 7) is 5.84. The molecule has 0 radical (unpaired) electrons. The van der Waals surface area contributed by atoms with Gasteiger partial charge in [0.1, 0.15) is 5.78 Å². The average Bonchev–Trinajstić information content (AvgIpc) is 2.61. The zero-order valence-electron chi connectivity index (χ0n) is 12.1. The molecule has 0 N–H and O–H groups in total. The molecular weight excluding hydrogens is 236 g/mol. The van der Waals surface area contributed by atoms with Gasteiger partial charge in [-0.15, -0.1) is 0 Å². The summed E-state index contributed by atoms with van der Waals surface area (Å²) in [5.41, 5.74) is 2.11. The van der Waals surface area contributed by atoms with Gasteiger partial charge < -0.3 is 0 Å². The van der Waals surface area contributed by atoms with Crippen LogP contribution in [0.1, 0.15) is 50.4 Å². The fourth-order valence-electron chi connectivity index (χ4n) is 2.87. The van der Waals surface area contributed by atoms with E-state index in [-0.39, 0.29) is 6.04 Å². The first kappa shape index (κ1) is 14.2. The van der Waals surface area contributed by atoms with Crippen LogP contribution in [-0.2, 0) is 11.3 Å². The Morgan fingerprint density at radius 1 is 1.32 bits per heavy atom. The third-order valence-corrected chi connectivity index (χ3v) is 3.93. The molecule has 1 saturated carbocycles. The van der Waals surface area contributed by atoms with E-state index in [0.717, 1.165) is 43.7 Å². The smallest absolute Gasteiger partial charge is 0.149 e. The Balaban J connectivity index is 2.08. The molecule has 1 atom stereocenters. The van der Waals surface area contributed by atoms with Crippen molar-refractivity contribution < 1.29 is 4.79 Å². The highest BCUT2D eigenvalue weighted by Crippen LogP contribution is 2.20. The Hall–Kier alpha value is -1.22. The van der Waals surface area contributed by atoms with Crippen molar-refractivity contribution in [3.05, 3.63) is 29.6 Å². The summed E-state index contributed by atoms with van der Waals surface area (Å²) in [5.74, 6) is 0.423. The quantitative estimate of drug-likeness (QED) is 0.780. The maximum atomic E-state index is 12.2. The van der Waals surface area contributed by atoms with E-state index >= 15 is 0 Å². The minimum absolute atomic E-state index is 0.106. The van der Waals surface area contributed by atoms with Crippen molar-refractivity contribution in [3.63, 3.8) is 0 Å². The van der Waals surface area contributed by atoms with Gasteiger partial charge in [-0.05, 0) is 38.4 Å². The molecule has 3 heteroatoms. The summed E-state index contributed by atoms with van der Waals surface area (Å²) in [5, 5.41) is 0. The molecule has 0 aromatic carbocycles. The number of hydrogen-bond acceptors (Lipinski definition) is 3. The number of likely N-dealkylation sites (N-methyl/N-ethyl adjacent to an activating group) is 1. The number of carbonyl (C=O) groups is 1. The molecule has 104 valence electrons. The predicted molar refractivity (Wildman–Crippen MR) is 76.9 cm³/mol. The van der Waals surface area contributed by atoms with E-state index in [1.807, 2.05) is 19.1 Å². The molecule has 19 heavy (non-hydrogen) atoms. The Bertz CT molecular complexity index is 431. The summed E-state index contributed by atoms with van der Waals surface area (Å²) >= 11 is 0. The molecule has 0 saturated heterocycles. The standard InChI is InChI=1S/C16H24N2O/c1-3-18(12-14-9-7-8-13(2)17-14)15-10-5-4-6-11-16(15)19/h7-9,15H,3-6,10-12H2,1-2H3. The zero-order valence-corrected chi connectivity index (χ0v) is 12.1. The van der Waals surface area contributed by atoms with Crippen LogP contribution in [0.25, 0.3) is 0 Å². The first-order valence-electron chi connectivity index (χ1n) is 7.40. The molecule has 0 amide bonds. The highest BCUT2D eigenvalue weighted by Gasteiger charge is 2.26. The van der Waals surface area contributed by atoms with E-state index in [4.69, 9.17) is 0 Å². The van der Waals surface area contributed by atoms with Crippen molar-refractivity contribution in [1.82, 2.24) is 9.88 Å². The average molecular weight is 260 g/mol.